The molecule has 0 saturated heterocycles. The first-order chi connectivity index (χ1) is 28.7. The van der Waals surface area contributed by atoms with Crippen molar-refractivity contribution in [2.75, 3.05) is 0 Å². The minimum atomic E-state index is 0. The van der Waals surface area contributed by atoms with Crippen LogP contribution in [0.3, 0.4) is 0 Å². The second kappa shape index (κ2) is 23.1. The van der Waals surface area contributed by atoms with Crippen LogP contribution in [0.5, 0.6) is 0 Å². The fraction of sp³-hybridized carbons (Fsp3) is 0.100. The average Bonchev–Trinajstić information content (AvgIpc) is 4.11. The van der Waals surface area contributed by atoms with Gasteiger partial charge in [0.1, 0.15) is 50.6 Å². The van der Waals surface area contributed by atoms with Gasteiger partial charge in [0.25, 0.3) is 0 Å². The summed E-state index contributed by atoms with van der Waals surface area (Å²) in [5.74, 6) is 1.90. The SMILES string of the molecule is O.O.[Cl-].[Cl-].[Cu+2].c1cc(Cn2cncn2)cc(-c2nnc(-c3cccc(Cn4cncn4)c3)o2)c1.c1cc(Cn2cncn2)cc(-c2nnc(-c3cccc(Cn4cncn4)c3)o2)c1. The molecule has 0 aliphatic rings. The maximum Gasteiger partial charge on any atom is 2.00 e. The van der Waals surface area contributed by atoms with E-state index in [1.165, 1.54) is 25.3 Å². The van der Waals surface area contributed by atoms with Gasteiger partial charge in [-0.25, -0.2) is 38.7 Å². The Morgan fingerprint density at radius 3 is 0.810 bits per heavy atom. The molecule has 0 aliphatic carbocycles. The third-order valence-electron chi connectivity index (χ3n) is 8.79. The molecule has 6 aromatic heterocycles. The number of hydrogen-bond acceptors (Lipinski definition) is 14. The van der Waals surface area contributed by atoms with Gasteiger partial charge in [-0.2, -0.15) is 20.4 Å². The Morgan fingerprint density at radius 1 is 0.365 bits per heavy atom. The van der Waals surface area contributed by atoms with Gasteiger partial charge < -0.3 is 44.6 Å². The van der Waals surface area contributed by atoms with Crippen LogP contribution in [0, 0.1) is 0 Å². The van der Waals surface area contributed by atoms with Gasteiger partial charge in [-0.1, -0.05) is 48.5 Å². The number of benzene rings is 4. The fourth-order valence-electron chi connectivity index (χ4n) is 6.13. The molecule has 10 aromatic rings. The van der Waals surface area contributed by atoms with Crippen molar-refractivity contribution in [2.45, 2.75) is 26.2 Å². The van der Waals surface area contributed by atoms with Crippen LogP contribution in [-0.4, -0.2) is 90.4 Å². The summed E-state index contributed by atoms with van der Waals surface area (Å²) < 4.78 is 18.9. The Hall–Kier alpha value is -7.26. The van der Waals surface area contributed by atoms with Gasteiger partial charge >= 0.3 is 17.1 Å². The first-order valence-electron chi connectivity index (χ1n) is 18.0. The van der Waals surface area contributed by atoms with Crippen LogP contribution in [0.4, 0.5) is 0 Å². The van der Waals surface area contributed by atoms with E-state index in [1.54, 1.807) is 44.0 Å². The molecule has 63 heavy (non-hydrogen) atoms. The molecule has 1 radical (unpaired) electrons. The quantitative estimate of drug-likeness (QED) is 0.117. The van der Waals surface area contributed by atoms with E-state index in [9.17, 15) is 0 Å². The van der Waals surface area contributed by atoms with E-state index in [0.717, 1.165) is 44.5 Å². The van der Waals surface area contributed by atoms with Gasteiger partial charge in [-0.3, -0.25) is 0 Å². The van der Waals surface area contributed by atoms with Crippen molar-refractivity contribution in [1.29, 1.82) is 0 Å². The summed E-state index contributed by atoms with van der Waals surface area (Å²) in [5, 5.41) is 33.5. The maximum absolute atomic E-state index is 5.94. The van der Waals surface area contributed by atoms with E-state index in [4.69, 9.17) is 8.83 Å². The third-order valence-corrected chi connectivity index (χ3v) is 8.79. The third kappa shape index (κ3) is 12.4. The number of nitrogens with zero attached hydrogens (tertiary/aromatic N) is 16. The standard InChI is InChI=1S/2C20H16N8O.2ClH.Cu.2H2O/c2*1-3-15(9-27-13-21-11-23-27)7-17(5-1)19-25-26-20(29-19)18-6-2-4-16(8-18)10-28-14-22-12-24-28;;;;;/h2*1-8,11-14H,9-10H2;2*1H;;2*1H2/q;;;;+2;;/p-2. The fourth-order valence-corrected chi connectivity index (χ4v) is 6.13. The summed E-state index contributed by atoms with van der Waals surface area (Å²) in [5.41, 5.74) is 7.73. The van der Waals surface area contributed by atoms with Crippen molar-refractivity contribution in [3.8, 4) is 45.8 Å². The van der Waals surface area contributed by atoms with Gasteiger partial charge in [0.2, 0.25) is 23.6 Å². The van der Waals surface area contributed by atoms with Crippen LogP contribution < -0.4 is 24.8 Å². The molecule has 0 aliphatic heterocycles. The number of rotatable bonds is 12. The average molecular weight is 939 g/mol. The van der Waals surface area contributed by atoms with E-state index in [2.05, 4.69) is 60.7 Å². The zero-order valence-electron chi connectivity index (χ0n) is 32.7. The van der Waals surface area contributed by atoms with Crippen molar-refractivity contribution < 1.29 is 61.7 Å². The van der Waals surface area contributed by atoms with Crippen molar-refractivity contribution >= 4 is 0 Å². The van der Waals surface area contributed by atoms with Crippen LogP contribution in [0.2, 0.25) is 0 Å². The molecular weight excluding hydrogens is 903 g/mol. The second-order valence-corrected chi connectivity index (χ2v) is 13.0. The Kier molecular flexibility index (Phi) is 17.7. The monoisotopic (exact) mass is 937 g/mol. The Balaban J connectivity index is 0.000000256. The first-order valence-corrected chi connectivity index (χ1v) is 18.0. The van der Waals surface area contributed by atoms with E-state index in [1.807, 2.05) is 97.1 Å². The Labute approximate surface area is 381 Å². The Morgan fingerprint density at radius 2 is 0.603 bits per heavy atom. The molecule has 325 valence electrons. The van der Waals surface area contributed by atoms with Gasteiger partial charge in [-0.15, -0.1) is 20.4 Å². The van der Waals surface area contributed by atoms with Gasteiger partial charge in [0, 0.05) is 22.3 Å². The van der Waals surface area contributed by atoms with Crippen LogP contribution in [0.15, 0.2) is 157 Å². The van der Waals surface area contributed by atoms with Crippen LogP contribution in [0.25, 0.3) is 45.8 Å². The first kappa shape index (κ1) is 48.4. The molecule has 23 heteroatoms. The van der Waals surface area contributed by atoms with Gasteiger partial charge in [0.15, 0.2) is 0 Å². The maximum atomic E-state index is 5.94. The van der Waals surface area contributed by atoms with E-state index in [0.29, 0.717) is 49.7 Å². The molecule has 0 atom stereocenters. The summed E-state index contributed by atoms with van der Waals surface area (Å²) in [6.07, 6.45) is 12.8. The van der Waals surface area contributed by atoms with Crippen molar-refractivity contribution in [1.82, 2.24) is 79.5 Å². The summed E-state index contributed by atoms with van der Waals surface area (Å²) in [6, 6.07) is 31.8. The Bertz CT molecular complexity index is 2460. The molecule has 0 saturated carbocycles. The van der Waals surface area contributed by atoms with Gasteiger partial charge in [-0.05, 0) is 70.8 Å². The number of aromatic nitrogens is 16. The normalized spacial score (nSPS) is 10.2. The largest absolute Gasteiger partial charge is 2.00 e. The zero-order chi connectivity index (χ0) is 38.9. The molecular formula is C40H36Cl2CuN16O4. The smallest absolute Gasteiger partial charge is 1.00 e. The minimum Gasteiger partial charge on any atom is -1.00 e. The predicted molar refractivity (Wildman–Crippen MR) is 214 cm³/mol. The van der Waals surface area contributed by atoms with Crippen molar-refractivity contribution in [2.24, 2.45) is 0 Å². The summed E-state index contributed by atoms with van der Waals surface area (Å²) in [6.45, 7) is 2.50. The summed E-state index contributed by atoms with van der Waals surface area (Å²) >= 11 is 0. The molecule has 0 unspecified atom stereocenters. The molecule has 0 spiro atoms. The topological polar surface area (TPSA) is 264 Å². The molecule has 6 heterocycles. The van der Waals surface area contributed by atoms with Crippen LogP contribution in [0.1, 0.15) is 22.3 Å². The number of hydrogen-bond donors (Lipinski definition) is 0. The van der Waals surface area contributed by atoms with E-state index >= 15 is 0 Å². The van der Waals surface area contributed by atoms with Crippen LogP contribution in [-0.2, 0) is 43.2 Å². The van der Waals surface area contributed by atoms with E-state index in [-0.39, 0.29) is 52.8 Å². The van der Waals surface area contributed by atoms with Gasteiger partial charge in [0.05, 0.1) is 26.2 Å². The molecule has 0 bridgehead atoms. The molecule has 0 amide bonds. The molecule has 4 N–H and O–H groups in total. The molecule has 4 aromatic carbocycles. The summed E-state index contributed by atoms with van der Waals surface area (Å²) in [7, 11) is 0. The van der Waals surface area contributed by atoms with E-state index < -0.39 is 0 Å². The second-order valence-electron chi connectivity index (χ2n) is 13.0. The molecule has 10 rings (SSSR count). The van der Waals surface area contributed by atoms with Crippen LogP contribution >= 0.6 is 0 Å². The summed E-state index contributed by atoms with van der Waals surface area (Å²) in [4.78, 5) is 15.9. The molecule has 0 fully saturated rings. The number of halogens is 2. The predicted octanol–water partition coefficient (Wildman–Crippen LogP) is -2.28. The van der Waals surface area contributed by atoms with Crippen molar-refractivity contribution in [3.05, 3.63) is 170 Å². The molecule has 20 nitrogen and oxygen atoms in total. The van der Waals surface area contributed by atoms with Crippen molar-refractivity contribution in [3.63, 3.8) is 0 Å². The zero-order valence-corrected chi connectivity index (χ0v) is 35.2. The minimum absolute atomic E-state index is 0.